The normalized spacial score (nSPS) is 10.7. The third kappa shape index (κ3) is 4.00. The molecule has 2 heterocycles. The zero-order valence-electron chi connectivity index (χ0n) is 13.0. The molecule has 3 rings (SSSR count). The van der Waals surface area contributed by atoms with Crippen molar-refractivity contribution in [2.24, 2.45) is 0 Å². The number of hydrogen-bond acceptors (Lipinski definition) is 4. The lowest BCUT2D eigenvalue weighted by molar-refractivity contribution is 0.322. The number of aromatic nitrogens is 2. The van der Waals surface area contributed by atoms with Crippen LogP contribution < -0.4 is 10.5 Å². The molecule has 1 aromatic carbocycles. The van der Waals surface area contributed by atoms with Gasteiger partial charge in [-0.3, -0.25) is 4.98 Å². The summed E-state index contributed by atoms with van der Waals surface area (Å²) in [5, 5.41) is 0.400. The fourth-order valence-electron chi connectivity index (χ4n) is 2.32. The first-order valence-corrected chi connectivity index (χ1v) is 8.23. The van der Waals surface area contributed by atoms with Crippen LogP contribution in [0.25, 0.3) is 11.1 Å². The molecular weight excluding hydrogens is 364 g/mol. The van der Waals surface area contributed by atoms with Gasteiger partial charge in [0.1, 0.15) is 5.82 Å². The van der Waals surface area contributed by atoms with Gasteiger partial charge in [-0.1, -0.05) is 29.3 Å². The van der Waals surface area contributed by atoms with Gasteiger partial charge in [-0.25, -0.2) is 9.37 Å². The zero-order chi connectivity index (χ0) is 17.8. The van der Waals surface area contributed by atoms with Crippen LogP contribution in [0.4, 0.5) is 10.2 Å². The summed E-state index contributed by atoms with van der Waals surface area (Å²) < 4.78 is 19.3. The van der Waals surface area contributed by atoms with Gasteiger partial charge in [0, 0.05) is 41.2 Å². The van der Waals surface area contributed by atoms with E-state index in [-0.39, 0.29) is 17.4 Å². The van der Waals surface area contributed by atoms with Crippen LogP contribution in [0.5, 0.6) is 5.75 Å². The maximum Gasteiger partial charge on any atom is 0.166 e. The van der Waals surface area contributed by atoms with Gasteiger partial charge in [-0.05, 0) is 29.8 Å². The molecular formula is C18H14Cl2FN3O. The summed E-state index contributed by atoms with van der Waals surface area (Å²) >= 11 is 12.0. The molecule has 0 amide bonds. The van der Waals surface area contributed by atoms with E-state index in [4.69, 9.17) is 33.7 Å². The van der Waals surface area contributed by atoms with E-state index in [1.54, 1.807) is 24.7 Å². The van der Waals surface area contributed by atoms with Crippen LogP contribution in [0.3, 0.4) is 0 Å². The molecule has 0 aliphatic carbocycles. The van der Waals surface area contributed by atoms with E-state index < -0.39 is 5.82 Å². The minimum Gasteiger partial charge on any atom is -0.489 e. The summed E-state index contributed by atoms with van der Waals surface area (Å²) in [5.41, 5.74) is 8.10. The van der Waals surface area contributed by atoms with Crippen molar-refractivity contribution in [2.45, 2.75) is 6.42 Å². The predicted molar refractivity (Wildman–Crippen MR) is 97.5 cm³/mol. The molecule has 25 heavy (non-hydrogen) atoms. The van der Waals surface area contributed by atoms with Crippen LogP contribution in [-0.2, 0) is 6.42 Å². The van der Waals surface area contributed by atoms with Crippen LogP contribution in [0.15, 0.2) is 48.9 Å². The van der Waals surface area contributed by atoms with Crippen molar-refractivity contribution in [3.63, 3.8) is 0 Å². The van der Waals surface area contributed by atoms with Crippen molar-refractivity contribution in [1.29, 1.82) is 0 Å². The average Bonchev–Trinajstić information content (AvgIpc) is 2.63. The third-order valence-electron chi connectivity index (χ3n) is 3.63. The van der Waals surface area contributed by atoms with Gasteiger partial charge in [-0.2, -0.15) is 0 Å². The second-order valence-electron chi connectivity index (χ2n) is 5.27. The molecule has 7 heteroatoms. The van der Waals surface area contributed by atoms with Gasteiger partial charge >= 0.3 is 0 Å². The number of ether oxygens (including phenoxy) is 1. The molecule has 0 aliphatic rings. The van der Waals surface area contributed by atoms with Gasteiger partial charge in [0.2, 0.25) is 0 Å². The fraction of sp³-hybridized carbons (Fsp3) is 0.111. The highest BCUT2D eigenvalue weighted by molar-refractivity contribution is 6.36. The number of nitrogens with two attached hydrogens (primary N) is 1. The van der Waals surface area contributed by atoms with Gasteiger partial charge in [0.25, 0.3) is 0 Å². The Kier molecular flexibility index (Phi) is 5.36. The Morgan fingerprint density at radius 1 is 1.12 bits per heavy atom. The molecule has 0 saturated heterocycles. The number of benzene rings is 1. The predicted octanol–water partition coefficient (Wildman–Crippen LogP) is 4.79. The van der Waals surface area contributed by atoms with Crippen molar-refractivity contribution < 1.29 is 9.13 Å². The smallest absolute Gasteiger partial charge is 0.166 e. The number of nitrogens with zero attached hydrogens (tertiary/aromatic N) is 2. The molecule has 2 aromatic heterocycles. The summed E-state index contributed by atoms with van der Waals surface area (Å²) in [6.45, 7) is 0.227. The minimum atomic E-state index is -0.513. The standard InChI is InChI=1S/C18H14Cl2FN3O/c19-14-3-4-15(21)17(20)13(14)5-7-25-16-8-12(10-24-18(16)22)11-2-1-6-23-9-11/h1-4,6,8-10H,5,7H2,(H2,22,24). The first kappa shape index (κ1) is 17.5. The van der Waals surface area contributed by atoms with Crippen LogP contribution in [0.1, 0.15) is 5.56 Å². The number of hydrogen-bond donors (Lipinski definition) is 1. The number of nitrogen functional groups attached to an aromatic ring is 1. The number of pyridine rings is 2. The van der Waals surface area contributed by atoms with E-state index in [0.717, 1.165) is 11.1 Å². The average molecular weight is 378 g/mol. The molecule has 128 valence electrons. The maximum atomic E-state index is 13.5. The van der Waals surface area contributed by atoms with E-state index >= 15 is 0 Å². The van der Waals surface area contributed by atoms with Crippen molar-refractivity contribution in [2.75, 3.05) is 12.3 Å². The zero-order valence-corrected chi connectivity index (χ0v) is 14.6. The Balaban J connectivity index is 1.75. The van der Waals surface area contributed by atoms with Gasteiger partial charge in [-0.15, -0.1) is 0 Å². The first-order chi connectivity index (χ1) is 12.1. The van der Waals surface area contributed by atoms with Crippen molar-refractivity contribution in [3.8, 4) is 16.9 Å². The quantitative estimate of drug-likeness (QED) is 0.649. The summed E-state index contributed by atoms with van der Waals surface area (Å²) in [7, 11) is 0. The summed E-state index contributed by atoms with van der Waals surface area (Å²) in [4.78, 5) is 8.22. The van der Waals surface area contributed by atoms with E-state index in [1.807, 2.05) is 12.1 Å². The molecule has 0 radical (unpaired) electrons. The first-order valence-electron chi connectivity index (χ1n) is 7.47. The van der Waals surface area contributed by atoms with Crippen molar-refractivity contribution in [1.82, 2.24) is 9.97 Å². The molecule has 0 aliphatic heterocycles. The van der Waals surface area contributed by atoms with Gasteiger partial charge in [0.05, 0.1) is 11.6 Å². The van der Waals surface area contributed by atoms with Crippen LogP contribution >= 0.6 is 23.2 Å². The SMILES string of the molecule is Nc1ncc(-c2cccnc2)cc1OCCc1c(Cl)ccc(F)c1Cl. The second kappa shape index (κ2) is 7.68. The van der Waals surface area contributed by atoms with E-state index in [9.17, 15) is 4.39 Å². The molecule has 0 bridgehead atoms. The molecule has 4 nitrogen and oxygen atoms in total. The van der Waals surface area contributed by atoms with E-state index in [1.165, 1.54) is 12.1 Å². The Labute approximate surface area is 154 Å². The topological polar surface area (TPSA) is 61.0 Å². The highest BCUT2D eigenvalue weighted by Crippen LogP contribution is 2.29. The second-order valence-corrected chi connectivity index (χ2v) is 6.05. The summed E-state index contributed by atoms with van der Waals surface area (Å²) in [6, 6.07) is 8.23. The van der Waals surface area contributed by atoms with Gasteiger partial charge in [0.15, 0.2) is 11.6 Å². The summed E-state index contributed by atoms with van der Waals surface area (Å²) in [6.07, 6.45) is 5.41. The highest BCUT2D eigenvalue weighted by atomic mass is 35.5. The van der Waals surface area contributed by atoms with Crippen molar-refractivity contribution >= 4 is 29.0 Å². The van der Waals surface area contributed by atoms with Crippen LogP contribution in [-0.4, -0.2) is 16.6 Å². The number of anilines is 1. The Morgan fingerprint density at radius 3 is 2.72 bits per heavy atom. The fourth-order valence-corrected chi connectivity index (χ4v) is 2.88. The van der Waals surface area contributed by atoms with Crippen LogP contribution in [0, 0.1) is 5.82 Å². The lowest BCUT2D eigenvalue weighted by atomic mass is 10.1. The molecule has 3 aromatic rings. The number of rotatable bonds is 5. The Hall–Kier alpha value is -2.37. The van der Waals surface area contributed by atoms with Gasteiger partial charge < -0.3 is 10.5 Å². The third-order valence-corrected chi connectivity index (χ3v) is 4.39. The molecule has 0 saturated carbocycles. The maximum absolute atomic E-state index is 13.5. The van der Waals surface area contributed by atoms with E-state index in [0.29, 0.717) is 22.8 Å². The molecule has 0 unspecified atom stereocenters. The molecule has 2 N–H and O–H groups in total. The highest BCUT2D eigenvalue weighted by Gasteiger charge is 2.12. The summed E-state index contributed by atoms with van der Waals surface area (Å²) in [5.74, 6) is 0.190. The monoisotopic (exact) mass is 377 g/mol. The number of halogens is 3. The van der Waals surface area contributed by atoms with Crippen LogP contribution in [0.2, 0.25) is 10.0 Å². The van der Waals surface area contributed by atoms with Crippen molar-refractivity contribution in [3.05, 3.63) is 70.3 Å². The molecule has 0 spiro atoms. The largest absolute Gasteiger partial charge is 0.489 e. The lowest BCUT2D eigenvalue weighted by Gasteiger charge is -2.12. The molecule has 0 atom stereocenters. The minimum absolute atomic E-state index is 0.00584. The Morgan fingerprint density at radius 2 is 1.96 bits per heavy atom. The Bertz CT molecular complexity index is 891. The van der Waals surface area contributed by atoms with E-state index in [2.05, 4.69) is 9.97 Å². The lowest BCUT2D eigenvalue weighted by Crippen LogP contribution is -2.06. The molecule has 0 fully saturated rings.